The quantitative estimate of drug-likeness (QED) is 0.296. The lowest BCUT2D eigenvalue weighted by Crippen LogP contribution is -2.14. The van der Waals surface area contributed by atoms with E-state index in [9.17, 15) is 37.2 Å². The molecule has 12 heteroatoms. The van der Waals surface area contributed by atoms with Crippen LogP contribution in [0.2, 0.25) is 0 Å². The molecule has 0 unspecified atom stereocenters. The summed E-state index contributed by atoms with van der Waals surface area (Å²) in [5, 5.41) is 9.87. The van der Waals surface area contributed by atoms with E-state index >= 15 is 0 Å². The van der Waals surface area contributed by atoms with E-state index in [4.69, 9.17) is 0 Å². The predicted molar refractivity (Wildman–Crippen MR) is 116 cm³/mol. The third kappa shape index (κ3) is 4.25. The number of H-pyrrole nitrogens is 1. The Morgan fingerprint density at radius 3 is 2.54 bits per heavy atom. The first kappa shape index (κ1) is 23.7. The highest BCUT2D eigenvalue weighted by atomic mass is 19.4. The number of carboxylic acid groups (broad SMARTS) is 1. The third-order valence-corrected chi connectivity index (χ3v) is 5.42. The summed E-state index contributed by atoms with van der Waals surface area (Å²) in [4.78, 5) is 43.7. The Balaban J connectivity index is 2.06. The molecule has 8 nitrogen and oxygen atoms in total. The number of fused-ring (bicyclic) bond motifs is 1. The predicted octanol–water partition coefficient (Wildman–Crippen LogP) is 4.87. The van der Waals surface area contributed by atoms with Crippen molar-refractivity contribution in [3.63, 3.8) is 0 Å². The summed E-state index contributed by atoms with van der Waals surface area (Å²) in [6.07, 6.45) is -3.45. The van der Waals surface area contributed by atoms with Crippen molar-refractivity contribution in [2.75, 3.05) is 7.11 Å². The fourth-order valence-corrected chi connectivity index (χ4v) is 3.88. The number of nitrogens with zero attached hydrogens (tertiary/aromatic N) is 2. The molecule has 0 aliphatic heterocycles. The van der Waals surface area contributed by atoms with Gasteiger partial charge in [0.05, 0.1) is 17.0 Å². The van der Waals surface area contributed by atoms with Crippen molar-refractivity contribution >= 4 is 22.6 Å². The Morgan fingerprint density at radius 1 is 1.17 bits per heavy atom. The van der Waals surface area contributed by atoms with Gasteiger partial charge >= 0.3 is 17.8 Å². The molecule has 0 aliphatic carbocycles. The number of carbonyl (C=O) groups is 1. The molecule has 0 radical (unpaired) electrons. The highest BCUT2D eigenvalue weighted by Crippen LogP contribution is 2.38. The Hall–Kier alpha value is -4.48. The second kappa shape index (κ2) is 8.70. The van der Waals surface area contributed by atoms with Gasteiger partial charge < -0.3 is 14.7 Å². The second-order valence-corrected chi connectivity index (χ2v) is 7.47. The van der Waals surface area contributed by atoms with Crippen LogP contribution in [0.5, 0.6) is 0 Å². The molecule has 0 spiro atoms. The van der Waals surface area contributed by atoms with Gasteiger partial charge in [0.2, 0.25) is 0 Å². The summed E-state index contributed by atoms with van der Waals surface area (Å²) in [6, 6.07) is 8.49. The van der Waals surface area contributed by atoms with Crippen molar-refractivity contribution in [2.45, 2.75) is 12.7 Å². The third-order valence-electron chi connectivity index (χ3n) is 5.42. The van der Waals surface area contributed by atoms with Crippen molar-refractivity contribution in [1.82, 2.24) is 9.55 Å². The average Bonchev–Trinajstić information content (AvgIpc) is 3.13. The standard InChI is InChI=1S/C23H15F4N3O5/c1-35-30(34)14-5-6-17(24)12(9-14)11-29-18-7-4-13(23(25,26)27)10-16(18)19(20(29)22(32)33)15-3-2-8-28-21(15)31/h2-10H,11H2,1H3,(H-,28,31,32,33)/p+1. The van der Waals surface area contributed by atoms with Crippen LogP contribution < -0.4 is 5.56 Å². The molecule has 0 atom stereocenters. The van der Waals surface area contributed by atoms with E-state index in [-0.39, 0.29) is 38.2 Å². The van der Waals surface area contributed by atoms with Crippen LogP contribution in [0.3, 0.4) is 0 Å². The number of nitrogens with one attached hydrogen (secondary N) is 1. The minimum absolute atomic E-state index is 0.0178. The van der Waals surface area contributed by atoms with Crippen LogP contribution in [0.25, 0.3) is 22.0 Å². The first-order valence-corrected chi connectivity index (χ1v) is 9.97. The normalized spacial score (nSPS) is 11.6. The van der Waals surface area contributed by atoms with E-state index < -0.39 is 41.3 Å². The van der Waals surface area contributed by atoms with E-state index in [1.165, 1.54) is 18.3 Å². The van der Waals surface area contributed by atoms with Gasteiger partial charge in [-0.2, -0.15) is 13.2 Å². The highest BCUT2D eigenvalue weighted by molar-refractivity contribution is 6.08. The number of aromatic amines is 1. The zero-order chi connectivity index (χ0) is 25.5. The lowest BCUT2D eigenvalue weighted by Gasteiger charge is -2.11. The maximum absolute atomic E-state index is 14.6. The number of hydrogen-bond acceptors (Lipinski definition) is 4. The van der Waals surface area contributed by atoms with Crippen LogP contribution in [-0.2, 0) is 17.6 Å². The van der Waals surface area contributed by atoms with E-state index in [2.05, 4.69) is 9.82 Å². The SMILES string of the molecule is CO[N+](=O)c1ccc(F)c(Cn2c(C(=O)O)c(-c3ccc[nH]c3=O)c3cc(C(F)(F)F)ccc32)c1. The van der Waals surface area contributed by atoms with Gasteiger partial charge in [0, 0.05) is 45.9 Å². The second-order valence-electron chi connectivity index (χ2n) is 7.47. The molecule has 2 N–H and O–H groups in total. The summed E-state index contributed by atoms with van der Waals surface area (Å²) in [5.41, 5.74) is -2.92. The number of carboxylic acids is 1. The molecule has 2 heterocycles. The molecule has 4 aromatic rings. The van der Waals surface area contributed by atoms with E-state index in [1.54, 1.807) is 0 Å². The molecule has 180 valence electrons. The maximum Gasteiger partial charge on any atom is 0.416 e. The molecular weight excluding hydrogens is 474 g/mol. The Bertz CT molecular complexity index is 1540. The highest BCUT2D eigenvalue weighted by Gasteiger charge is 2.33. The number of pyridine rings is 1. The maximum atomic E-state index is 14.6. The number of halogens is 4. The van der Waals surface area contributed by atoms with Gasteiger partial charge in [-0.15, -0.1) is 0 Å². The smallest absolute Gasteiger partial charge is 0.416 e. The first-order chi connectivity index (χ1) is 16.5. The van der Waals surface area contributed by atoms with E-state index in [1.807, 2.05) is 0 Å². The van der Waals surface area contributed by atoms with Gasteiger partial charge in [-0.05, 0) is 36.4 Å². The van der Waals surface area contributed by atoms with Crippen LogP contribution in [0, 0.1) is 10.7 Å². The molecule has 2 aromatic heterocycles. The van der Waals surface area contributed by atoms with Gasteiger partial charge in [-0.1, -0.05) is 0 Å². The lowest BCUT2D eigenvalue weighted by molar-refractivity contribution is -0.736. The molecule has 0 saturated heterocycles. The van der Waals surface area contributed by atoms with Crippen LogP contribution >= 0.6 is 0 Å². The minimum atomic E-state index is -4.74. The van der Waals surface area contributed by atoms with Crippen LogP contribution in [0.4, 0.5) is 23.2 Å². The average molecular weight is 490 g/mol. The number of aromatic carboxylic acids is 1. The minimum Gasteiger partial charge on any atom is -0.477 e. The van der Waals surface area contributed by atoms with Crippen molar-refractivity contribution in [3.05, 3.63) is 92.6 Å². The van der Waals surface area contributed by atoms with E-state index in [0.29, 0.717) is 0 Å². The summed E-state index contributed by atoms with van der Waals surface area (Å²) in [5.74, 6) is -2.34. The number of aromatic nitrogens is 2. The fraction of sp³-hybridized carbons (Fsp3) is 0.130. The number of alkyl halides is 3. The summed E-state index contributed by atoms with van der Waals surface area (Å²) >= 11 is 0. The topological polar surface area (TPSA) is 104 Å². The van der Waals surface area contributed by atoms with Crippen LogP contribution in [-0.4, -0.2) is 32.7 Å². The monoisotopic (exact) mass is 490 g/mol. The first-order valence-electron chi connectivity index (χ1n) is 9.97. The van der Waals surface area contributed by atoms with Gasteiger partial charge in [-0.3, -0.25) is 4.79 Å². The van der Waals surface area contributed by atoms with Gasteiger partial charge in [-0.25, -0.2) is 14.0 Å². The lowest BCUT2D eigenvalue weighted by atomic mass is 10.0. The molecule has 35 heavy (non-hydrogen) atoms. The van der Waals surface area contributed by atoms with Crippen molar-refractivity contribution in [1.29, 1.82) is 0 Å². The molecular formula is C23H16F4N3O5+. The molecule has 2 aromatic carbocycles. The zero-order valence-corrected chi connectivity index (χ0v) is 17.9. The molecule has 0 amide bonds. The molecule has 0 aliphatic rings. The number of benzene rings is 2. The summed E-state index contributed by atoms with van der Waals surface area (Å²) in [6.45, 7) is -0.467. The van der Waals surface area contributed by atoms with Gasteiger partial charge in [0.15, 0.2) is 7.11 Å². The molecule has 4 rings (SSSR count). The number of hydrogen-bond donors (Lipinski definition) is 2. The van der Waals surface area contributed by atoms with Crippen LogP contribution in [0.1, 0.15) is 21.6 Å². The summed E-state index contributed by atoms with van der Waals surface area (Å²) in [7, 11) is 1.10. The van der Waals surface area contributed by atoms with Gasteiger partial charge in [0.1, 0.15) is 11.5 Å². The van der Waals surface area contributed by atoms with Gasteiger partial charge in [0.25, 0.3) is 10.5 Å². The Labute approximate surface area is 193 Å². The zero-order valence-electron chi connectivity index (χ0n) is 17.9. The van der Waals surface area contributed by atoms with Crippen molar-refractivity contribution in [3.8, 4) is 11.1 Å². The summed E-state index contributed by atoms with van der Waals surface area (Å²) < 4.78 is 56.1. The van der Waals surface area contributed by atoms with Crippen molar-refractivity contribution < 1.29 is 37.2 Å². The van der Waals surface area contributed by atoms with Crippen LogP contribution in [0.15, 0.2) is 59.5 Å². The molecule has 0 bridgehead atoms. The fourth-order valence-electron chi connectivity index (χ4n) is 3.88. The largest absolute Gasteiger partial charge is 0.477 e. The molecule has 0 saturated carbocycles. The Kier molecular flexibility index (Phi) is 5.89. The van der Waals surface area contributed by atoms with E-state index in [0.717, 1.165) is 48.1 Å². The Morgan fingerprint density at radius 2 is 1.91 bits per heavy atom. The molecule has 0 fully saturated rings. The van der Waals surface area contributed by atoms with Crippen molar-refractivity contribution in [2.24, 2.45) is 0 Å². The number of rotatable bonds is 6.